The minimum Gasteiger partial charge on any atom is -0.340 e. The Labute approximate surface area is 152 Å². The van der Waals surface area contributed by atoms with Gasteiger partial charge in [-0.25, -0.2) is 0 Å². The summed E-state index contributed by atoms with van der Waals surface area (Å²) in [5.41, 5.74) is 1.36. The Morgan fingerprint density at radius 2 is 1.80 bits per heavy atom. The molecule has 0 spiro atoms. The Bertz CT molecular complexity index is 525. The van der Waals surface area contributed by atoms with Gasteiger partial charge in [0.05, 0.1) is 0 Å². The number of piperazine rings is 1. The fraction of sp³-hybridized carbons (Fsp3) is 0.667. The first-order valence-electron chi connectivity index (χ1n) is 10.0. The lowest BCUT2D eigenvalue weighted by atomic mass is 10.00. The van der Waals surface area contributed by atoms with Crippen molar-refractivity contribution in [2.75, 3.05) is 39.3 Å². The van der Waals surface area contributed by atoms with Crippen LogP contribution in [0, 0.1) is 0 Å². The van der Waals surface area contributed by atoms with Crippen LogP contribution in [0.3, 0.4) is 0 Å². The van der Waals surface area contributed by atoms with Crippen molar-refractivity contribution in [3.8, 4) is 0 Å². The number of amides is 1. The van der Waals surface area contributed by atoms with Crippen LogP contribution in [-0.4, -0.2) is 65.9 Å². The normalized spacial score (nSPS) is 22.9. The van der Waals surface area contributed by atoms with Crippen LogP contribution in [0.2, 0.25) is 0 Å². The van der Waals surface area contributed by atoms with Crippen molar-refractivity contribution in [1.82, 2.24) is 14.7 Å². The predicted octanol–water partition coefficient (Wildman–Crippen LogP) is 2.99. The maximum atomic E-state index is 12.6. The van der Waals surface area contributed by atoms with Crippen LogP contribution in [0.4, 0.5) is 0 Å². The Morgan fingerprint density at radius 1 is 1.04 bits per heavy atom. The molecule has 4 heteroatoms. The highest BCUT2D eigenvalue weighted by Gasteiger charge is 2.24. The molecule has 0 bridgehead atoms. The van der Waals surface area contributed by atoms with Gasteiger partial charge in [-0.15, -0.1) is 0 Å². The van der Waals surface area contributed by atoms with Gasteiger partial charge >= 0.3 is 0 Å². The van der Waals surface area contributed by atoms with Gasteiger partial charge in [-0.1, -0.05) is 43.7 Å². The number of carbonyl (C=O) groups is 1. The summed E-state index contributed by atoms with van der Waals surface area (Å²) in [4.78, 5) is 19.7. The number of likely N-dealkylation sites (tertiary alicyclic amines) is 1. The highest BCUT2D eigenvalue weighted by molar-refractivity contribution is 5.76. The van der Waals surface area contributed by atoms with Crippen LogP contribution in [0.1, 0.15) is 44.6 Å². The summed E-state index contributed by atoms with van der Waals surface area (Å²) in [6.45, 7) is 9.12. The number of hydrogen-bond acceptors (Lipinski definition) is 3. The summed E-state index contributed by atoms with van der Waals surface area (Å²) in [5.74, 6) is 0.347. The second-order valence-corrected chi connectivity index (χ2v) is 7.49. The molecule has 1 aromatic rings. The predicted molar refractivity (Wildman–Crippen MR) is 102 cm³/mol. The quantitative estimate of drug-likeness (QED) is 0.794. The number of carbonyl (C=O) groups excluding carboxylic acids is 1. The van der Waals surface area contributed by atoms with Gasteiger partial charge in [-0.05, 0) is 31.4 Å². The third-order valence-electron chi connectivity index (χ3n) is 5.81. The fourth-order valence-electron chi connectivity index (χ4n) is 4.21. The van der Waals surface area contributed by atoms with Crippen LogP contribution in [0.5, 0.6) is 0 Å². The molecule has 2 heterocycles. The van der Waals surface area contributed by atoms with Crippen LogP contribution < -0.4 is 0 Å². The molecular weight excluding hydrogens is 310 g/mol. The molecule has 0 aliphatic carbocycles. The summed E-state index contributed by atoms with van der Waals surface area (Å²) >= 11 is 0. The minimum atomic E-state index is 0.347. The summed E-state index contributed by atoms with van der Waals surface area (Å²) in [5, 5.41) is 0. The molecule has 2 saturated heterocycles. The SMILES string of the molecule is CCC1CCCCN1CCC(=O)N1CCN(Cc2ccccc2)CC1. The number of nitrogens with zero attached hydrogens (tertiary/aromatic N) is 3. The van der Waals surface area contributed by atoms with Crippen molar-refractivity contribution < 1.29 is 4.79 Å². The van der Waals surface area contributed by atoms with E-state index in [4.69, 9.17) is 0 Å². The number of piperidine rings is 1. The molecule has 1 amide bonds. The molecule has 2 fully saturated rings. The number of benzene rings is 1. The molecule has 1 atom stereocenters. The first-order chi connectivity index (χ1) is 12.3. The molecule has 0 saturated carbocycles. The zero-order valence-electron chi connectivity index (χ0n) is 15.7. The molecular formula is C21H33N3O. The lowest BCUT2D eigenvalue weighted by Gasteiger charge is -2.37. The Hall–Kier alpha value is -1.39. The van der Waals surface area contributed by atoms with Gasteiger partial charge in [0.2, 0.25) is 5.91 Å². The van der Waals surface area contributed by atoms with Gasteiger partial charge in [0.25, 0.3) is 0 Å². The van der Waals surface area contributed by atoms with Crippen molar-refractivity contribution in [1.29, 1.82) is 0 Å². The molecule has 1 aromatic carbocycles. The summed E-state index contributed by atoms with van der Waals surface area (Å²) in [7, 11) is 0. The van der Waals surface area contributed by atoms with Crippen LogP contribution in [-0.2, 0) is 11.3 Å². The first-order valence-corrected chi connectivity index (χ1v) is 10.0. The third kappa shape index (κ3) is 5.29. The van der Waals surface area contributed by atoms with Gasteiger partial charge in [0, 0.05) is 51.7 Å². The lowest BCUT2D eigenvalue weighted by molar-refractivity contribution is -0.133. The van der Waals surface area contributed by atoms with E-state index in [2.05, 4.69) is 52.0 Å². The monoisotopic (exact) mass is 343 g/mol. The average molecular weight is 344 g/mol. The van der Waals surface area contributed by atoms with E-state index in [1.165, 1.54) is 37.8 Å². The first kappa shape index (κ1) is 18.4. The van der Waals surface area contributed by atoms with E-state index in [-0.39, 0.29) is 0 Å². The maximum Gasteiger partial charge on any atom is 0.223 e. The summed E-state index contributed by atoms with van der Waals surface area (Å²) in [6, 6.07) is 11.3. The van der Waals surface area contributed by atoms with E-state index in [1.807, 2.05) is 0 Å². The van der Waals surface area contributed by atoms with Crippen molar-refractivity contribution in [3.63, 3.8) is 0 Å². The van der Waals surface area contributed by atoms with Crippen LogP contribution in [0.25, 0.3) is 0 Å². The standard InChI is InChI=1S/C21H33N3O/c1-2-20-10-6-7-12-23(20)13-11-21(25)24-16-14-22(15-17-24)18-19-8-4-3-5-9-19/h3-5,8-9,20H,2,6-7,10-18H2,1H3. The van der Waals surface area contributed by atoms with Crippen molar-refractivity contribution in [3.05, 3.63) is 35.9 Å². The zero-order valence-corrected chi connectivity index (χ0v) is 15.7. The summed E-state index contributed by atoms with van der Waals surface area (Å²) < 4.78 is 0. The second kappa shape index (κ2) is 9.35. The average Bonchev–Trinajstić information content (AvgIpc) is 2.67. The molecule has 0 radical (unpaired) electrons. The maximum absolute atomic E-state index is 12.6. The Kier molecular flexibility index (Phi) is 6.88. The Morgan fingerprint density at radius 3 is 2.52 bits per heavy atom. The molecule has 138 valence electrons. The van der Waals surface area contributed by atoms with Crippen molar-refractivity contribution in [2.45, 2.75) is 51.6 Å². The van der Waals surface area contributed by atoms with E-state index in [1.54, 1.807) is 0 Å². The van der Waals surface area contributed by atoms with Crippen LogP contribution >= 0.6 is 0 Å². The van der Waals surface area contributed by atoms with E-state index in [0.29, 0.717) is 18.4 Å². The van der Waals surface area contributed by atoms with Crippen molar-refractivity contribution in [2.24, 2.45) is 0 Å². The van der Waals surface area contributed by atoms with E-state index >= 15 is 0 Å². The topological polar surface area (TPSA) is 26.8 Å². The van der Waals surface area contributed by atoms with Crippen molar-refractivity contribution >= 4 is 5.91 Å². The summed E-state index contributed by atoms with van der Waals surface area (Å²) in [6.07, 6.45) is 5.86. The smallest absolute Gasteiger partial charge is 0.223 e. The minimum absolute atomic E-state index is 0.347. The van der Waals surface area contributed by atoms with E-state index in [0.717, 1.165) is 39.3 Å². The largest absolute Gasteiger partial charge is 0.340 e. The van der Waals surface area contributed by atoms with Crippen LogP contribution in [0.15, 0.2) is 30.3 Å². The van der Waals surface area contributed by atoms with Gasteiger partial charge in [-0.2, -0.15) is 0 Å². The molecule has 2 aliphatic heterocycles. The lowest BCUT2D eigenvalue weighted by Crippen LogP contribution is -2.49. The highest BCUT2D eigenvalue weighted by Crippen LogP contribution is 2.19. The van der Waals surface area contributed by atoms with Gasteiger partial charge in [-0.3, -0.25) is 14.6 Å². The molecule has 0 aromatic heterocycles. The number of hydrogen-bond donors (Lipinski definition) is 0. The van der Waals surface area contributed by atoms with E-state index in [9.17, 15) is 4.79 Å². The molecule has 2 aliphatic rings. The molecule has 3 rings (SSSR count). The molecule has 0 N–H and O–H groups in total. The molecule has 25 heavy (non-hydrogen) atoms. The second-order valence-electron chi connectivity index (χ2n) is 7.49. The molecule has 4 nitrogen and oxygen atoms in total. The highest BCUT2D eigenvalue weighted by atomic mass is 16.2. The number of rotatable bonds is 6. The zero-order chi connectivity index (χ0) is 17.5. The third-order valence-corrected chi connectivity index (χ3v) is 5.81. The fourth-order valence-corrected chi connectivity index (χ4v) is 4.21. The Balaban J connectivity index is 1.39. The van der Waals surface area contributed by atoms with E-state index < -0.39 is 0 Å². The van der Waals surface area contributed by atoms with Gasteiger partial charge < -0.3 is 4.90 Å². The molecule has 1 unspecified atom stereocenters. The van der Waals surface area contributed by atoms with Gasteiger partial charge in [0.15, 0.2) is 0 Å². The van der Waals surface area contributed by atoms with Gasteiger partial charge in [0.1, 0.15) is 0 Å².